The second-order valence-electron chi connectivity index (χ2n) is 5.12. The number of piperazine rings is 1. The average molecular weight is 273 g/mol. The highest BCUT2D eigenvalue weighted by Gasteiger charge is 2.21. The van der Waals surface area contributed by atoms with Crippen molar-refractivity contribution in [3.8, 4) is 0 Å². The normalized spacial score (nSPS) is 16.8. The summed E-state index contributed by atoms with van der Waals surface area (Å²) in [6.07, 6.45) is 1.86. The maximum Gasteiger partial charge on any atom is 0.254 e. The highest BCUT2D eigenvalue weighted by atomic mass is 16.2. The quantitative estimate of drug-likeness (QED) is 0.813. The van der Waals surface area contributed by atoms with Gasteiger partial charge in [0.1, 0.15) is 5.82 Å². The molecule has 0 aliphatic carbocycles. The fraction of sp³-hybridized carbons (Fsp3) is 0.500. The van der Waals surface area contributed by atoms with Crippen LogP contribution in [0.2, 0.25) is 0 Å². The lowest BCUT2D eigenvalue weighted by Gasteiger charge is -2.34. The lowest BCUT2D eigenvalue weighted by molar-refractivity contribution is 0.0643. The molecule has 0 spiro atoms. The van der Waals surface area contributed by atoms with E-state index in [9.17, 15) is 4.79 Å². The number of nitrogens with zero attached hydrogens (tertiary/aromatic N) is 5. The zero-order valence-electron chi connectivity index (χ0n) is 11.9. The van der Waals surface area contributed by atoms with E-state index in [0.717, 1.165) is 44.2 Å². The average Bonchev–Trinajstić information content (AvgIpc) is 2.87. The molecule has 6 nitrogen and oxygen atoms in total. The van der Waals surface area contributed by atoms with E-state index in [0.29, 0.717) is 5.56 Å². The van der Waals surface area contributed by atoms with Crippen molar-refractivity contribution in [2.75, 3.05) is 32.7 Å². The van der Waals surface area contributed by atoms with Gasteiger partial charge in [0.05, 0.1) is 0 Å². The monoisotopic (exact) mass is 273 g/mol. The number of carbonyl (C=O) groups excluding carboxylic acids is 1. The molecule has 1 amide bonds. The van der Waals surface area contributed by atoms with Crippen LogP contribution in [0, 0.1) is 6.92 Å². The van der Waals surface area contributed by atoms with Crippen LogP contribution in [-0.2, 0) is 0 Å². The first-order chi connectivity index (χ1) is 9.69. The summed E-state index contributed by atoms with van der Waals surface area (Å²) in [5.41, 5.74) is 1.41. The largest absolute Gasteiger partial charge is 0.336 e. The number of fused-ring (bicyclic) bond motifs is 1. The van der Waals surface area contributed by atoms with Crippen LogP contribution >= 0.6 is 0 Å². The van der Waals surface area contributed by atoms with Crippen molar-refractivity contribution in [2.45, 2.75) is 13.8 Å². The summed E-state index contributed by atoms with van der Waals surface area (Å²) in [6, 6.07) is 3.66. The topological polar surface area (TPSA) is 53.7 Å². The van der Waals surface area contributed by atoms with Gasteiger partial charge >= 0.3 is 0 Å². The molecule has 0 radical (unpaired) electrons. The van der Waals surface area contributed by atoms with Gasteiger partial charge in [-0.3, -0.25) is 9.20 Å². The molecule has 3 rings (SSSR count). The van der Waals surface area contributed by atoms with Crippen LogP contribution in [0.25, 0.3) is 5.65 Å². The van der Waals surface area contributed by atoms with Crippen molar-refractivity contribution in [3.63, 3.8) is 0 Å². The van der Waals surface area contributed by atoms with Gasteiger partial charge in [-0.25, -0.2) is 0 Å². The van der Waals surface area contributed by atoms with Crippen molar-refractivity contribution < 1.29 is 4.79 Å². The molecule has 20 heavy (non-hydrogen) atoms. The number of amides is 1. The Bertz CT molecular complexity index is 628. The summed E-state index contributed by atoms with van der Waals surface area (Å²) in [5, 5.41) is 8.08. The Kier molecular flexibility index (Phi) is 3.40. The summed E-state index contributed by atoms with van der Waals surface area (Å²) in [5.74, 6) is 0.916. The van der Waals surface area contributed by atoms with Gasteiger partial charge in [0.25, 0.3) is 5.91 Å². The van der Waals surface area contributed by atoms with E-state index < -0.39 is 0 Å². The number of pyridine rings is 1. The maximum absolute atomic E-state index is 12.5. The van der Waals surface area contributed by atoms with E-state index in [1.807, 2.05) is 34.6 Å². The molecule has 0 aromatic carbocycles. The second-order valence-corrected chi connectivity index (χ2v) is 5.12. The Morgan fingerprint density at radius 2 is 2.00 bits per heavy atom. The molecule has 1 fully saturated rings. The molecular weight excluding hydrogens is 254 g/mol. The van der Waals surface area contributed by atoms with E-state index in [2.05, 4.69) is 22.0 Å². The van der Waals surface area contributed by atoms with Crippen LogP contribution in [-0.4, -0.2) is 63.0 Å². The lowest BCUT2D eigenvalue weighted by atomic mass is 10.2. The summed E-state index contributed by atoms with van der Waals surface area (Å²) >= 11 is 0. The van der Waals surface area contributed by atoms with E-state index in [1.165, 1.54) is 0 Å². The van der Waals surface area contributed by atoms with Crippen LogP contribution in [0.1, 0.15) is 23.1 Å². The van der Waals surface area contributed by atoms with Crippen molar-refractivity contribution >= 4 is 11.6 Å². The van der Waals surface area contributed by atoms with Crippen LogP contribution in [0.5, 0.6) is 0 Å². The van der Waals surface area contributed by atoms with Gasteiger partial charge in [0.2, 0.25) is 0 Å². The van der Waals surface area contributed by atoms with Crippen LogP contribution in [0.4, 0.5) is 0 Å². The van der Waals surface area contributed by atoms with Gasteiger partial charge < -0.3 is 9.80 Å². The van der Waals surface area contributed by atoms with Crippen LogP contribution < -0.4 is 0 Å². The molecule has 1 aliphatic rings. The Labute approximate surface area is 118 Å². The number of aromatic nitrogens is 3. The van der Waals surface area contributed by atoms with Gasteiger partial charge in [0.15, 0.2) is 5.65 Å². The molecule has 0 saturated carbocycles. The Balaban J connectivity index is 1.78. The van der Waals surface area contributed by atoms with Crippen molar-refractivity contribution in [1.82, 2.24) is 24.4 Å². The minimum atomic E-state index is 0.0870. The molecule has 3 heterocycles. The van der Waals surface area contributed by atoms with Gasteiger partial charge in [-0.05, 0) is 25.6 Å². The fourth-order valence-electron chi connectivity index (χ4n) is 2.59. The third-order valence-electron chi connectivity index (χ3n) is 3.93. The van der Waals surface area contributed by atoms with Crippen molar-refractivity contribution in [2.24, 2.45) is 0 Å². The standard InChI is InChI=1S/C14H19N5O/c1-3-17-6-8-18(9-7-17)14(20)12-4-5-19-11(2)15-16-13(19)10-12/h4-5,10H,3,6-9H2,1-2H3. The molecule has 0 atom stereocenters. The van der Waals surface area contributed by atoms with Gasteiger partial charge in [-0.1, -0.05) is 6.92 Å². The molecule has 1 saturated heterocycles. The SMILES string of the molecule is CCN1CCN(C(=O)c2ccn3c(C)nnc3c2)CC1. The van der Waals surface area contributed by atoms with E-state index >= 15 is 0 Å². The predicted molar refractivity (Wildman–Crippen MR) is 75.7 cm³/mol. The molecule has 2 aromatic heterocycles. The molecule has 2 aromatic rings. The number of hydrogen-bond acceptors (Lipinski definition) is 4. The first-order valence-corrected chi connectivity index (χ1v) is 7.02. The Morgan fingerprint density at radius 1 is 1.25 bits per heavy atom. The predicted octanol–water partition coefficient (Wildman–Crippen LogP) is 0.815. The van der Waals surface area contributed by atoms with Crippen LogP contribution in [0.15, 0.2) is 18.3 Å². The third kappa shape index (κ3) is 2.27. The summed E-state index contributed by atoms with van der Waals surface area (Å²) in [7, 11) is 0. The molecule has 0 N–H and O–H groups in total. The maximum atomic E-state index is 12.5. The Hall–Kier alpha value is -1.95. The van der Waals surface area contributed by atoms with Gasteiger partial charge in [-0.15, -0.1) is 10.2 Å². The number of hydrogen-bond donors (Lipinski definition) is 0. The zero-order chi connectivity index (χ0) is 14.1. The zero-order valence-corrected chi connectivity index (χ0v) is 11.9. The molecule has 6 heteroatoms. The third-order valence-corrected chi connectivity index (χ3v) is 3.93. The van der Waals surface area contributed by atoms with Crippen molar-refractivity contribution in [3.05, 3.63) is 29.7 Å². The Morgan fingerprint density at radius 3 is 2.70 bits per heavy atom. The summed E-state index contributed by atoms with van der Waals surface area (Å²) in [4.78, 5) is 16.8. The molecule has 0 bridgehead atoms. The fourth-order valence-corrected chi connectivity index (χ4v) is 2.59. The lowest BCUT2D eigenvalue weighted by Crippen LogP contribution is -2.48. The van der Waals surface area contributed by atoms with Gasteiger partial charge in [0, 0.05) is 37.9 Å². The summed E-state index contributed by atoms with van der Waals surface area (Å²) < 4.78 is 1.88. The number of rotatable bonds is 2. The van der Waals surface area contributed by atoms with Gasteiger partial charge in [-0.2, -0.15) is 0 Å². The molecular formula is C14H19N5O. The van der Waals surface area contributed by atoms with Crippen molar-refractivity contribution in [1.29, 1.82) is 0 Å². The highest BCUT2D eigenvalue weighted by molar-refractivity contribution is 5.95. The number of aryl methyl sites for hydroxylation is 1. The first kappa shape index (κ1) is 13.1. The van der Waals surface area contributed by atoms with E-state index in [-0.39, 0.29) is 5.91 Å². The number of likely N-dealkylation sites (N-methyl/N-ethyl adjacent to an activating group) is 1. The minimum Gasteiger partial charge on any atom is -0.336 e. The first-order valence-electron chi connectivity index (χ1n) is 7.02. The highest BCUT2D eigenvalue weighted by Crippen LogP contribution is 2.11. The van der Waals surface area contributed by atoms with Crippen LogP contribution in [0.3, 0.4) is 0 Å². The minimum absolute atomic E-state index is 0.0870. The smallest absolute Gasteiger partial charge is 0.254 e. The molecule has 0 unspecified atom stereocenters. The number of carbonyl (C=O) groups is 1. The molecule has 1 aliphatic heterocycles. The second kappa shape index (κ2) is 5.20. The van der Waals surface area contributed by atoms with E-state index in [1.54, 1.807) is 0 Å². The molecule has 106 valence electrons. The summed E-state index contributed by atoms with van der Waals surface area (Å²) in [6.45, 7) is 8.59. The van der Waals surface area contributed by atoms with E-state index in [4.69, 9.17) is 0 Å².